The fourth-order valence-electron chi connectivity index (χ4n) is 1.93. The molecule has 0 spiro atoms. The molecular formula is C14H23FN2O. The Morgan fingerprint density at radius 2 is 1.89 bits per heavy atom. The van der Waals surface area contributed by atoms with Gasteiger partial charge in [0, 0.05) is 30.9 Å². The van der Waals surface area contributed by atoms with Crippen LogP contribution in [-0.2, 0) is 6.61 Å². The summed E-state index contributed by atoms with van der Waals surface area (Å²) in [6, 6.07) is 4.62. The van der Waals surface area contributed by atoms with Gasteiger partial charge in [-0.1, -0.05) is 6.92 Å². The monoisotopic (exact) mass is 254 g/mol. The molecule has 0 unspecified atom stereocenters. The maximum absolute atomic E-state index is 13.2. The summed E-state index contributed by atoms with van der Waals surface area (Å²) in [4.78, 5) is 4.32. The Kier molecular flexibility index (Phi) is 6.09. The van der Waals surface area contributed by atoms with Crippen molar-refractivity contribution in [2.75, 3.05) is 38.6 Å². The van der Waals surface area contributed by atoms with Gasteiger partial charge in [-0.25, -0.2) is 4.39 Å². The Morgan fingerprint density at radius 1 is 1.17 bits per heavy atom. The highest BCUT2D eigenvalue weighted by atomic mass is 19.1. The highest BCUT2D eigenvalue weighted by molar-refractivity contribution is 5.53. The van der Waals surface area contributed by atoms with Crippen molar-refractivity contribution >= 4 is 5.69 Å². The molecular weight excluding hydrogens is 231 g/mol. The minimum Gasteiger partial charge on any atom is -0.392 e. The van der Waals surface area contributed by atoms with Crippen molar-refractivity contribution in [2.24, 2.45) is 0 Å². The van der Waals surface area contributed by atoms with Crippen molar-refractivity contribution < 1.29 is 9.50 Å². The van der Waals surface area contributed by atoms with Gasteiger partial charge in [0.25, 0.3) is 0 Å². The smallest absolute Gasteiger partial charge is 0.123 e. The van der Waals surface area contributed by atoms with E-state index in [1.165, 1.54) is 12.1 Å². The molecule has 0 atom stereocenters. The number of likely N-dealkylation sites (N-methyl/N-ethyl adjacent to an activating group) is 1. The minimum atomic E-state index is -0.299. The molecule has 0 aromatic heterocycles. The molecule has 0 radical (unpaired) electrons. The van der Waals surface area contributed by atoms with Crippen LogP contribution in [0.25, 0.3) is 0 Å². The van der Waals surface area contributed by atoms with Crippen LogP contribution in [0.2, 0.25) is 0 Å². The SMILES string of the molecule is CCCN(CCN(C)C)c1ccc(F)cc1CO. The van der Waals surface area contributed by atoms with Crippen molar-refractivity contribution in [2.45, 2.75) is 20.0 Å². The maximum atomic E-state index is 13.2. The van der Waals surface area contributed by atoms with E-state index < -0.39 is 0 Å². The van der Waals surface area contributed by atoms with Crippen LogP contribution in [0, 0.1) is 5.82 Å². The lowest BCUT2D eigenvalue weighted by atomic mass is 10.1. The van der Waals surface area contributed by atoms with Crippen molar-refractivity contribution in [1.29, 1.82) is 0 Å². The average Bonchev–Trinajstić information content (AvgIpc) is 2.34. The topological polar surface area (TPSA) is 26.7 Å². The molecule has 1 aromatic carbocycles. The van der Waals surface area contributed by atoms with Gasteiger partial charge in [-0.05, 0) is 38.7 Å². The lowest BCUT2D eigenvalue weighted by molar-refractivity contribution is 0.281. The van der Waals surface area contributed by atoms with Gasteiger partial charge in [-0.3, -0.25) is 0 Å². The second-order valence-electron chi connectivity index (χ2n) is 4.72. The number of anilines is 1. The molecule has 0 aliphatic rings. The fourth-order valence-corrected chi connectivity index (χ4v) is 1.93. The van der Waals surface area contributed by atoms with E-state index in [-0.39, 0.29) is 12.4 Å². The van der Waals surface area contributed by atoms with Crippen LogP contribution >= 0.6 is 0 Å². The van der Waals surface area contributed by atoms with Crippen molar-refractivity contribution in [1.82, 2.24) is 4.90 Å². The van der Waals surface area contributed by atoms with Gasteiger partial charge < -0.3 is 14.9 Å². The third-order valence-corrected chi connectivity index (χ3v) is 2.86. The van der Waals surface area contributed by atoms with E-state index >= 15 is 0 Å². The highest BCUT2D eigenvalue weighted by Crippen LogP contribution is 2.22. The molecule has 0 amide bonds. The summed E-state index contributed by atoms with van der Waals surface area (Å²) in [7, 11) is 4.06. The number of hydrogen-bond donors (Lipinski definition) is 1. The van der Waals surface area contributed by atoms with Crippen LogP contribution in [0.15, 0.2) is 18.2 Å². The summed E-state index contributed by atoms with van der Waals surface area (Å²) in [6.45, 7) is 4.70. The van der Waals surface area contributed by atoms with E-state index in [9.17, 15) is 9.50 Å². The Balaban J connectivity index is 2.89. The predicted octanol–water partition coefficient (Wildman–Crippen LogP) is 2.10. The van der Waals surface area contributed by atoms with Gasteiger partial charge in [-0.15, -0.1) is 0 Å². The molecule has 1 rings (SSSR count). The minimum absolute atomic E-state index is 0.130. The molecule has 0 saturated carbocycles. The Morgan fingerprint density at radius 3 is 2.44 bits per heavy atom. The summed E-state index contributed by atoms with van der Waals surface area (Å²) in [5.74, 6) is -0.299. The lowest BCUT2D eigenvalue weighted by Gasteiger charge is -2.27. The fraction of sp³-hybridized carbons (Fsp3) is 0.571. The van der Waals surface area contributed by atoms with Crippen LogP contribution in [0.5, 0.6) is 0 Å². The molecule has 1 aromatic rings. The zero-order chi connectivity index (χ0) is 13.5. The zero-order valence-corrected chi connectivity index (χ0v) is 11.5. The molecule has 0 bridgehead atoms. The number of halogens is 1. The molecule has 102 valence electrons. The van der Waals surface area contributed by atoms with Crippen molar-refractivity contribution in [3.05, 3.63) is 29.6 Å². The molecule has 0 fully saturated rings. The molecule has 4 heteroatoms. The van der Waals surface area contributed by atoms with Crippen LogP contribution in [0.4, 0.5) is 10.1 Å². The van der Waals surface area contributed by atoms with Gasteiger partial charge in [0.1, 0.15) is 5.82 Å². The van der Waals surface area contributed by atoms with Crippen molar-refractivity contribution in [3.63, 3.8) is 0 Å². The second-order valence-corrected chi connectivity index (χ2v) is 4.72. The van der Waals surface area contributed by atoms with E-state index in [0.29, 0.717) is 5.56 Å². The van der Waals surface area contributed by atoms with E-state index in [4.69, 9.17) is 0 Å². The zero-order valence-electron chi connectivity index (χ0n) is 11.5. The Hall–Kier alpha value is -1.13. The van der Waals surface area contributed by atoms with Gasteiger partial charge >= 0.3 is 0 Å². The van der Waals surface area contributed by atoms with Crippen LogP contribution in [0.1, 0.15) is 18.9 Å². The first-order chi connectivity index (χ1) is 8.58. The number of rotatable bonds is 7. The second kappa shape index (κ2) is 7.34. The standard InChI is InChI=1S/C14H23FN2O/c1-4-7-17(9-8-16(2)3)14-6-5-13(15)10-12(14)11-18/h5-6,10,18H,4,7-9,11H2,1-3H3. The van der Waals surface area contributed by atoms with E-state index in [0.717, 1.165) is 31.7 Å². The number of hydrogen-bond acceptors (Lipinski definition) is 3. The van der Waals surface area contributed by atoms with Crippen LogP contribution in [-0.4, -0.2) is 43.7 Å². The quantitative estimate of drug-likeness (QED) is 0.807. The first kappa shape index (κ1) is 14.9. The van der Waals surface area contributed by atoms with E-state index in [1.54, 1.807) is 6.07 Å². The van der Waals surface area contributed by atoms with E-state index in [2.05, 4.69) is 16.7 Å². The third-order valence-electron chi connectivity index (χ3n) is 2.86. The average molecular weight is 254 g/mol. The first-order valence-electron chi connectivity index (χ1n) is 6.37. The van der Waals surface area contributed by atoms with Gasteiger partial charge in [0.15, 0.2) is 0 Å². The van der Waals surface area contributed by atoms with Gasteiger partial charge in [0.2, 0.25) is 0 Å². The molecule has 18 heavy (non-hydrogen) atoms. The molecule has 0 aliphatic carbocycles. The molecule has 1 N–H and O–H groups in total. The maximum Gasteiger partial charge on any atom is 0.123 e. The summed E-state index contributed by atoms with van der Waals surface area (Å²) < 4.78 is 13.2. The van der Waals surface area contributed by atoms with Crippen molar-refractivity contribution in [3.8, 4) is 0 Å². The number of aliphatic hydroxyl groups is 1. The van der Waals surface area contributed by atoms with Crippen LogP contribution in [0.3, 0.4) is 0 Å². The largest absolute Gasteiger partial charge is 0.392 e. The van der Waals surface area contributed by atoms with Crippen LogP contribution < -0.4 is 4.90 Å². The normalized spacial score (nSPS) is 11.0. The molecule has 0 saturated heterocycles. The lowest BCUT2D eigenvalue weighted by Crippen LogP contribution is -2.33. The summed E-state index contributed by atoms with van der Waals surface area (Å²) in [5.41, 5.74) is 1.59. The Bertz CT molecular complexity index is 369. The Labute approximate surface area is 109 Å². The van der Waals surface area contributed by atoms with Gasteiger partial charge in [0.05, 0.1) is 6.61 Å². The predicted molar refractivity (Wildman–Crippen MR) is 73.4 cm³/mol. The summed E-state index contributed by atoms with van der Waals surface area (Å²) in [5, 5.41) is 9.33. The number of nitrogens with zero attached hydrogens (tertiary/aromatic N) is 2. The van der Waals surface area contributed by atoms with E-state index in [1.807, 2.05) is 14.1 Å². The number of aliphatic hydroxyl groups excluding tert-OH is 1. The summed E-state index contributed by atoms with van der Waals surface area (Å²) in [6.07, 6.45) is 1.02. The van der Waals surface area contributed by atoms with Gasteiger partial charge in [-0.2, -0.15) is 0 Å². The first-order valence-corrected chi connectivity index (χ1v) is 6.37. The summed E-state index contributed by atoms with van der Waals surface area (Å²) >= 11 is 0. The molecule has 0 aliphatic heterocycles. The highest BCUT2D eigenvalue weighted by Gasteiger charge is 2.11. The number of benzene rings is 1. The molecule has 3 nitrogen and oxygen atoms in total. The molecule has 0 heterocycles. The third kappa shape index (κ3) is 4.27.